The number of ether oxygens (including phenoxy) is 2. The molecule has 7 N–H and O–H groups in total. The van der Waals surface area contributed by atoms with Gasteiger partial charge < -0.3 is 35.1 Å². The van der Waals surface area contributed by atoms with Gasteiger partial charge in [-0.3, -0.25) is 13.8 Å². The number of rotatable bonds is 11. The number of nitrogens with zero attached hydrogens (tertiary/aromatic N) is 4. The third-order valence-electron chi connectivity index (χ3n) is 6.68. The molecule has 2 aromatic rings. The molecule has 3 heterocycles. The maximum absolute atomic E-state index is 12.5. The second-order valence-electron chi connectivity index (χ2n) is 9.70. The van der Waals surface area contributed by atoms with Gasteiger partial charge in [-0.25, -0.2) is 15.1 Å². The lowest BCUT2D eigenvalue weighted by Crippen LogP contribution is -2.40. The van der Waals surface area contributed by atoms with Gasteiger partial charge >= 0.3 is 7.75 Å². The summed E-state index contributed by atoms with van der Waals surface area (Å²) in [7, 11) is -2.63. The fraction of sp³-hybridized carbons (Fsp3) is 0.700. The first-order valence-electron chi connectivity index (χ1n) is 11.3. The Hall–Kier alpha value is -1.88. The number of aliphatic hydroxyl groups is 3. The third kappa shape index (κ3) is 4.75. The van der Waals surface area contributed by atoms with Crippen LogP contribution in [0.1, 0.15) is 26.8 Å². The first kappa shape index (κ1) is 28.1. The maximum atomic E-state index is 12.5. The van der Waals surface area contributed by atoms with E-state index in [1.165, 1.54) is 18.0 Å². The van der Waals surface area contributed by atoms with Crippen molar-refractivity contribution >= 4 is 41.7 Å². The summed E-state index contributed by atoms with van der Waals surface area (Å²) in [5.74, 6) is 0.253. The standard InChI is InChI=1S/C20H31N6O9PS/c1-18(2,8-27)16(29)37-6-5-33-36(22,31)34-7-10-12(28)20(30)15(19(20,3)35-10)26-9-23-11-13(26)24-17(21)25-14(11)32-4/h9-10,12,15,27-28,30H,5-8H2,1-4H3,(H2,22,31)(H2,21,24,25)/t10-,12?,15-,19?,20?,36?/m1/s1. The average molecular weight is 563 g/mol. The van der Waals surface area contributed by atoms with E-state index in [4.69, 9.17) is 29.8 Å². The Morgan fingerprint density at radius 3 is 2.68 bits per heavy atom. The molecule has 2 aliphatic rings. The number of thioether (sulfide) groups is 1. The summed E-state index contributed by atoms with van der Waals surface area (Å²) in [5.41, 5.74) is 8.09. The molecule has 1 aliphatic heterocycles. The molecule has 2 aromatic heterocycles. The summed E-state index contributed by atoms with van der Waals surface area (Å²) in [6.07, 6.45) is -1.08. The van der Waals surface area contributed by atoms with Gasteiger partial charge in [-0.05, 0) is 20.8 Å². The van der Waals surface area contributed by atoms with Gasteiger partial charge in [-0.1, -0.05) is 11.8 Å². The largest absolute Gasteiger partial charge is 0.479 e. The molecule has 17 heteroatoms. The molecular weight excluding hydrogens is 531 g/mol. The molecule has 4 rings (SSSR count). The van der Waals surface area contributed by atoms with Gasteiger partial charge in [0.15, 0.2) is 16.3 Å². The normalized spacial score (nSPS) is 30.8. The van der Waals surface area contributed by atoms with E-state index in [1.54, 1.807) is 20.8 Å². The fourth-order valence-corrected chi connectivity index (χ4v) is 6.17. The molecule has 1 saturated carbocycles. The van der Waals surface area contributed by atoms with Crippen LogP contribution in [-0.4, -0.2) is 96.0 Å². The van der Waals surface area contributed by atoms with E-state index in [9.17, 15) is 24.7 Å². The number of carbonyl (C=O) groups is 1. The summed E-state index contributed by atoms with van der Waals surface area (Å²) < 4.78 is 35.4. The minimum absolute atomic E-state index is 0.0552. The Labute approximate surface area is 216 Å². The van der Waals surface area contributed by atoms with Crippen LogP contribution in [0.15, 0.2) is 6.33 Å². The summed E-state index contributed by atoms with van der Waals surface area (Å²) in [5, 5.41) is 31.2. The molecular formula is C20H31N6O9PS. The molecule has 37 heavy (non-hydrogen) atoms. The van der Waals surface area contributed by atoms with Crippen molar-refractivity contribution in [2.24, 2.45) is 10.9 Å². The molecule has 0 radical (unpaired) electrons. The van der Waals surface area contributed by atoms with Gasteiger partial charge in [-0.2, -0.15) is 9.97 Å². The van der Waals surface area contributed by atoms with Gasteiger partial charge in [0, 0.05) is 5.75 Å². The number of nitrogens with two attached hydrogens (primary N) is 2. The molecule has 0 bridgehead atoms. The molecule has 4 unspecified atom stereocenters. The lowest BCUT2D eigenvalue weighted by Gasteiger charge is -2.24. The number of carbonyl (C=O) groups excluding carboxylic acids is 1. The van der Waals surface area contributed by atoms with Gasteiger partial charge in [0.1, 0.15) is 29.5 Å². The van der Waals surface area contributed by atoms with Gasteiger partial charge in [0.25, 0.3) is 0 Å². The SMILES string of the molecule is COc1nc(N)nc2c1ncn2[C@@H]1C2(C)O[C@H](COP(N)(=O)OCCSC(=O)C(C)(C)CO)C(O)C12O. The number of imidazole rings is 1. The van der Waals surface area contributed by atoms with E-state index in [1.807, 2.05) is 0 Å². The summed E-state index contributed by atoms with van der Waals surface area (Å²) >= 11 is 0.914. The molecule has 1 aliphatic carbocycles. The number of fused-ring (bicyclic) bond motifs is 2. The third-order valence-corrected chi connectivity index (χ3v) is 8.92. The first-order chi connectivity index (χ1) is 17.2. The van der Waals surface area contributed by atoms with E-state index in [-0.39, 0.29) is 35.9 Å². The maximum Gasteiger partial charge on any atom is 0.402 e. The average Bonchev–Trinajstić information content (AvgIpc) is 3.07. The van der Waals surface area contributed by atoms with Gasteiger partial charge in [-0.15, -0.1) is 0 Å². The highest BCUT2D eigenvalue weighted by molar-refractivity contribution is 8.13. The smallest absolute Gasteiger partial charge is 0.402 e. The van der Waals surface area contributed by atoms with Crippen molar-refractivity contribution in [1.82, 2.24) is 19.5 Å². The number of anilines is 1. The number of hydrogen-bond donors (Lipinski definition) is 5. The van der Waals surface area contributed by atoms with E-state index < -0.39 is 49.2 Å². The summed E-state index contributed by atoms with van der Waals surface area (Å²) in [4.78, 5) is 24.4. The second-order valence-corrected chi connectivity index (χ2v) is 12.4. The number of aliphatic hydroxyl groups excluding tert-OH is 2. The van der Waals surface area contributed by atoms with Gasteiger partial charge in [0.05, 0.1) is 38.7 Å². The van der Waals surface area contributed by atoms with Crippen LogP contribution in [0.2, 0.25) is 0 Å². The molecule has 2 fully saturated rings. The molecule has 0 amide bonds. The zero-order valence-electron chi connectivity index (χ0n) is 20.7. The van der Waals surface area contributed by atoms with Crippen LogP contribution < -0.4 is 16.0 Å². The minimum Gasteiger partial charge on any atom is -0.479 e. The molecule has 1 saturated heterocycles. The van der Waals surface area contributed by atoms with Crippen molar-refractivity contribution < 1.29 is 43.2 Å². The number of aromatic nitrogens is 4. The number of hydrogen-bond acceptors (Lipinski definition) is 14. The molecule has 0 aromatic carbocycles. The van der Waals surface area contributed by atoms with Crippen LogP contribution in [0.25, 0.3) is 11.2 Å². The lowest BCUT2D eigenvalue weighted by molar-refractivity contribution is -0.119. The molecule has 206 valence electrons. The lowest BCUT2D eigenvalue weighted by atomic mass is 9.97. The van der Waals surface area contributed by atoms with Crippen LogP contribution in [0, 0.1) is 5.41 Å². The number of methoxy groups -OCH3 is 1. The van der Waals surface area contributed by atoms with Gasteiger partial charge in [0.2, 0.25) is 11.8 Å². The highest BCUT2D eigenvalue weighted by Crippen LogP contribution is 2.68. The van der Waals surface area contributed by atoms with E-state index in [2.05, 4.69) is 15.0 Å². The zero-order valence-corrected chi connectivity index (χ0v) is 22.4. The minimum atomic E-state index is -4.05. The van der Waals surface area contributed by atoms with E-state index >= 15 is 0 Å². The van der Waals surface area contributed by atoms with Crippen molar-refractivity contribution in [2.45, 2.75) is 50.2 Å². The van der Waals surface area contributed by atoms with Crippen LogP contribution in [0.5, 0.6) is 5.88 Å². The van der Waals surface area contributed by atoms with Crippen molar-refractivity contribution in [3.05, 3.63) is 6.33 Å². The monoisotopic (exact) mass is 562 g/mol. The van der Waals surface area contributed by atoms with Crippen LogP contribution in [-0.2, 0) is 23.1 Å². The van der Waals surface area contributed by atoms with Crippen molar-refractivity contribution in [3.8, 4) is 5.88 Å². The van der Waals surface area contributed by atoms with Crippen LogP contribution in [0.3, 0.4) is 0 Å². The Balaban J connectivity index is 1.35. The number of nitrogen functional groups attached to an aromatic ring is 1. The Morgan fingerprint density at radius 2 is 2.08 bits per heavy atom. The zero-order chi connectivity index (χ0) is 27.4. The predicted octanol–water partition coefficient (Wildman–Crippen LogP) is -0.400. The highest BCUT2D eigenvalue weighted by atomic mass is 32.2. The second kappa shape index (κ2) is 9.70. The Bertz CT molecular complexity index is 1250. The quantitative estimate of drug-likeness (QED) is 0.173. The van der Waals surface area contributed by atoms with Crippen LogP contribution in [0.4, 0.5) is 5.95 Å². The fourth-order valence-electron chi connectivity index (χ4n) is 4.47. The first-order valence-corrected chi connectivity index (χ1v) is 13.9. The van der Waals surface area contributed by atoms with Crippen molar-refractivity contribution in [1.29, 1.82) is 0 Å². The molecule has 6 atom stereocenters. The molecule has 15 nitrogen and oxygen atoms in total. The van der Waals surface area contributed by atoms with Crippen molar-refractivity contribution in [3.63, 3.8) is 0 Å². The highest BCUT2D eigenvalue weighted by Gasteiger charge is 2.85. The van der Waals surface area contributed by atoms with E-state index in [0.717, 1.165) is 11.8 Å². The predicted molar refractivity (Wildman–Crippen MR) is 132 cm³/mol. The van der Waals surface area contributed by atoms with E-state index in [0.29, 0.717) is 11.2 Å². The molecule has 0 spiro atoms. The van der Waals surface area contributed by atoms with Crippen molar-refractivity contribution in [2.75, 3.05) is 38.4 Å². The Kier molecular flexibility index (Phi) is 7.38. The van der Waals surface area contributed by atoms with Crippen LogP contribution >= 0.6 is 19.5 Å². The Morgan fingerprint density at radius 1 is 1.38 bits per heavy atom. The topological polar surface area (TPSA) is 227 Å². The summed E-state index contributed by atoms with van der Waals surface area (Å²) in [6, 6.07) is -0.770. The summed E-state index contributed by atoms with van der Waals surface area (Å²) in [6.45, 7) is 3.94.